The maximum atomic E-state index is 10.3. The zero-order valence-electron chi connectivity index (χ0n) is 10.5. The number of benzene rings is 1. The summed E-state index contributed by atoms with van der Waals surface area (Å²) in [4.78, 5) is 0. The van der Waals surface area contributed by atoms with Crippen molar-refractivity contribution >= 4 is 0 Å². The van der Waals surface area contributed by atoms with Gasteiger partial charge in [-0.15, -0.1) is 0 Å². The van der Waals surface area contributed by atoms with Crippen LogP contribution < -0.4 is 4.74 Å². The maximum absolute atomic E-state index is 10.3. The van der Waals surface area contributed by atoms with Crippen molar-refractivity contribution < 1.29 is 14.6 Å². The molecule has 2 rings (SSSR count). The highest BCUT2D eigenvalue weighted by Gasteiger charge is 2.30. The van der Waals surface area contributed by atoms with E-state index in [0.29, 0.717) is 32.7 Å². The second-order valence-corrected chi connectivity index (χ2v) is 4.87. The summed E-state index contributed by atoms with van der Waals surface area (Å²) in [7, 11) is 0. The van der Waals surface area contributed by atoms with Crippen molar-refractivity contribution in [2.45, 2.75) is 32.3 Å². The lowest BCUT2D eigenvalue weighted by molar-refractivity contribution is -0.0855. The largest absolute Gasteiger partial charge is 0.491 e. The van der Waals surface area contributed by atoms with E-state index < -0.39 is 5.60 Å². The molecule has 1 aliphatic rings. The average molecular weight is 236 g/mol. The third-order valence-corrected chi connectivity index (χ3v) is 3.41. The second kappa shape index (κ2) is 5.07. The van der Waals surface area contributed by atoms with Crippen molar-refractivity contribution in [3.05, 3.63) is 29.3 Å². The highest BCUT2D eigenvalue weighted by Crippen LogP contribution is 2.23. The van der Waals surface area contributed by atoms with Crippen LogP contribution in [0.1, 0.15) is 24.0 Å². The molecular formula is C14H20O3. The van der Waals surface area contributed by atoms with Crippen molar-refractivity contribution in [2.24, 2.45) is 0 Å². The van der Waals surface area contributed by atoms with Gasteiger partial charge >= 0.3 is 0 Å². The van der Waals surface area contributed by atoms with Gasteiger partial charge in [-0.05, 0) is 37.1 Å². The van der Waals surface area contributed by atoms with Gasteiger partial charge in [-0.25, -0.2) is 0 Å². The fraction of sp³-hybridized carbons (Fsp3) is 0.571. The molecule has 0 aromatic heterocycles. The molecule has 1 aromatic carbocycles. The van der Waals surface area contributed by atoms with E-state index in [9.17, 15) is 5.11 Å². The molecule has 1 aromatic rings. The summed E-state index contributed by atoms with van der Waals surface area (Å²) in [6.45, 7) is 5.72. The topological polar surface area (TPSA) is 38.7 Å². The molecule has 1 fully saturated rings. The average Bonchev–Trinajstić information content (AvgIpc) is 2.32. The molecule has 0 radical (unpaired) electrons. The molecule has 3 heteroatoms. The van der Waals surface area contributed by atoms with Crippen LogP contribution in [0.5, 0.6) is 5.75 Å². The summed E-state index contributed by atoms with van der Waals surface area (Å²) >= 11 is 0. The minimum atomic E-state index is -0.725. The highest BCUT2D eigenvalue weighted by molar-refractivity contribution is 5.33. The number of hydrogen-bond donors (Lipinski definition) is 1. The van der Waals surface area contributed by atoms with E-state index in [1.807, 2.05) is 18.2 Å². The molecule has 0 bridgehead atoms. The lowest BCUT2D eigenvalue weighted by Crippen LogP contribution is -2.41. The predicted octanol–water partition coefficient (Wildman–Crippen LogP) is 2.22. The van der Waals surface area contributed by atoms with Crippen LogP contribution in [-0.4, -0.2) is 30.5 Å². The Balaban J connectivity index is 1.94. The van der Waals surface area contributed by atoms with Gasteiger partial charge in [0.05, 0.1) is 0 Å². The van der Waals surface area contributed by atoms with E-state index >= 15 is 0 Å². The number of ether oxygens (including phenoxy) is 2. The number of aryl methyl sites for hydroxylation is 2. The van der Waals surface area contributed by atoms with Gasteiger partial charge in [0, 0.05) is 26.1 Å². The Morgan fingerprint density at radius 3 is 2.59 bits per heavy atom. The normalized spacial score (nSPS) is 19.0. The first-order valence-corrected chi connectivity index (χ1v) is 6.09. The first-order valence-electron chi connectivity index (χ1n) is 6.09. The monoisotopic (exact) mass is 236 g/mol. The Hall–Kier alpha value is -1.06. The molecule has 0 aliphatic carbocycles. The quantitative estimate of drug-likeness (QED) is 0.874. The van der Waals surface area contributed by atoms with Gasteiger partial charge in [0.15, 0.2) is 0 Å². The third kappa shape index (κ3) is 3.20. The minimum absolute atomic E-state index is 0.346. The van der Waals surface area contributed by atoms with Crippen LogP contribution >= 0.6 is 0 Å². The van der Waals surface area contributed by atoms with Crippen LogP contribution in [0.4, 0.5) is 0 Å². The molecule has 1 saturated heterocycles. The summed E-state index contributed by atoms with van der Waals surface area (Å²) < 4.78 is 10.9. The van der Waals surface area contributed by atoms with Gasteiger partial charge in [0.1, 0.15) is 18.0 Å². The smallest absolute Gasteiger partial charge is 0.119 e. The molecule has 17 heavy (non-hydrogen) atoms. The molecule has 0 saturated carbocycles. The van der Waals surface area contributed by atoms with Gasteiger partial charge in [0.25, 0.3) is 0 Å². The number of aliphatic hydroxyl groups is 1. The van der Waals surface area contributed by atoms with Gasteiger partial charge in [0.2, 0.25) is 0 Å². The minimum Gasteiger partial charge on any atom is -0.491 e. The molecular weight excluding hydrogens is 216 g/mol. The second-order valence-electron chi connectivity index (χ2n) is 4.87. The van der Waals surface area contributed by atoms with E-state index in [1.165, 1.54) is 11.1 Å². The van der Waals surface area contributed by atoms with Gasteiger partial charge < -0.3 is 14.6 Å². The van der Waals surface area contributed by atoms with Crippen molar-refractivity contribution in [3.63, 3.8) is 0 Å². The van der Waals surface area contributed by atoms with Gasteiger partial charge in [-0.3, -0.25) is 0 Å². The van der Waals surface area contributed by atoms with E-state index in [2.05, 4.69) is 13.8 Å². The first-order chi connectivity index (χ1) is 8.09. The standard InChI is InChI=1S/C14H20O3/c1-11-3-4-13(9-12(11)2)17-10-14(15)5-7-16-8-6-14/h3-4,9,15H,5-8,10H2,1-2H3. The Morgan fingerprint density at radius 2 is 1.94 bits per heavy atom. The zero-order valence-corrected chi connectivity index (χ0v) is 10.5. The molecule has 3 nitrogen and oxygen atoms in total. The number of rotatable bonds is 3. The predicted molar refractivity (Wildman–Crippen MR) is 66.4 cm³/mol. The number of hydrogen-bond acceptors (Lipinski definition) is 3. The van der Waals surface area contributed by atoms with Gasteiger partial charge in [-0.2, -0.15) is 0 Å². The van der Waals surface area contributed by atoms with Crippen molar-refractivity contribution in [1.82, 2.24) is 0 Å². The lowest BCUT2D eigenvalue weighted by Gasteiger charge is -2.31. The summed E-state index contributed by atoms with van der Waals surface area (Å²) in [5.74, 6) is 0.827. The highest BCUT2D eigenvalue weighted by atomic mass is 16.5. The maximum Gasteiger partial charge on any atom is 0.119 e. The SMILES string of the molecule is Cc1ccc(OCC2(O)CCOCC2)cc1C. The molecule has 0 atom stereocenters. The first kappa shape index (κ1) is 12.4. The van der Waals surface area contributed by atoms with Crippen molar-refractivity contribution in [2.75, 3.05) is 19.8 Å². The molecule has 1 aliphatic heterocycles. The van der Waals surface area contributed by atoms with E-state index in [-0.39, 0.29) is 0 Å². The summed E-state index contributed by atoms with van der Waals surface area (Å²) in [6, 6.07) is 6.00. The van der Waals surface area contributed by atoms with Crippen LogP contribution in [0.2, 0.25) is 0 Å². The summed E-state index contributed by atoms with van der Waals surface area (Å²) in [6.07, 6.45) is 1.30. The van der Waals surface area contributed by atoms with Crippen LogP contribution in [0.3, 0.4) is 0 Å². The van der Waals surface area contributed by atoms with Crippen molar-refractivity contribution in [3.8, 4) is 5.75 Å². The summed E-state index contributed by atoms with van der Waals surface area (Å²) in [5, 5.41) is 10.3. The van der Waals surface area contributed by atoms with E-state index in [1.54, 1.807) is 0 Å². The van der Waals surface area contributed by atoms with Crippen LogP contribution in [-0.2, 0) is 4.74 Å². The fourth-order valence-corrected chi connectivity index (χ4v) is 1.92. The molecule has 0 spiro atoms. The van der Waals surface area contributed by atoms with Crippen LogP contribution in [0, 0.1) is 13.8 Å². The lowest BCUT2D eigenvalue weighted by atomic mass is 9.96. The fourth-order valence-electron chi connectivity index (χ4n) is 1.92. The Morgan fingerprint density at radius 1 is 1.24 bits per heavy atom. The molecule has 1 N–H and O–H groups in total. The van der Waals surface area contributed by atoms with E-state index in [0.717, 1.165) is 5.75 Å². The van der Waals surface area contributed by atoms with Crippen LogP contribution in [0.25, 0.3) is 0 Å². The Kier molecular flexibility index (Phi) is 3.69. The molecule has 1 heterocycles. The summed E-state index contributed by atoms with van der Waals surface area (Å²) in [5.41, 5.74) is 1.74. The van der Waals surface area contributed by atoms with E-state index in [4.69, 9.17) is 9.47 Å². The van der Waals surface area contributed by atoms with Crippen molar-refractivity contribution in [1.29, 1.82) is 0 Å². The Labute approximate surface area is 102 Å². The molecule has 0 amide bonds. The third-order valence-electron chi connectivity index (χ3n) is 3.41. The van der Waals surface area contributed by atoms with Gasteiger partial charge in [-0.1, -0.05) is 6.07 Å². The Bertz CT molecular complexity index is 381. The zero-order chi connectivity index (χ0) is 12.3. The van der Waals surface area contributed by atoms with Crippen LogP contribution in [0.15, 0.2) is 18.2 Å². The molecule has 0 unspecified atom stereocenters. The molecule has 94 valence electrons.